The summed E-state index contributed by atoms with van der Waals surface area (Å²) in [4.78, 5) is 47.0. The molecule has 0 bridgehead atoms. The van der Waals surface area contributed by atoms with E-state index in [0.717, 1.165) is 16.6 Å². The van der Waals surface area contributed by atoms with Gasteiger partial charge in [0.1, 0.15) is 6.04 Å². The van der Waals surface area contributed by atoms with Crippen LogP contribution < -0.4 is 10.2 Å². The van der Waals surface area contributed by atoms with Gasteiger partial charge in [0, 0.05) is 30.2 Å². The Balaban J connectivity index is 1.45. The molecule has 164 valence electrons. The molecule has 1 N–H and O–H groups in total. The summed E-state index contributed by atoms with van der Waals surface area (Å²) >= 11 is 0. The number of benzene rings is 2. The van der Waals surface area contributed by atoms with E-state index in [1.165, 1.54) is 18.2 Å². The van der Waals surface area contributed by atoms with Crippen LogP contribution in [-0.2, 0) is 16.1 Å². The number of anilines is 2. The average molecular weight is 442 g/mol. The van der Waals surface area contributed by atoms with Crippen molar-refractivity contribution in [2.45, 2.75) is 19.0 Å². The summed E-state index contributed by atoms with van der Waals surface area (Å²) < 4.78 is 1.78. The third-order valence-electron chi connectivity index (χ3n) is 5.46. The van der Waals surface area contributed by atoms with Crippen LogP contribution in [0.1, 0.15) is 18.0 Å². The van der Waals surface area contributed by atoms with Gasteiger partial charge < -0.3 is 5.32 Å². The number of amides is 2. The van der Waals surface area contributed by atoms with Crippen molar-refractivity contribution >= 4 is 40.2 Å². The van der Waals surface area contributed by atoms with Crippen LogP contribution >= 0.6 is 0 Å². The average Bonchev–Trinajstić information content (AvgIpc) is 3.30. The third-order valence-corrected chi connectivity index (χ3v) is 5.46. The molecule has 2 aromatic carbocycles. The predicted octanol–water partition coefficient (Wildman–Crippen LogP) is 3.46. The molecule has 1 aliphatic heterocycles. The highest BCUT2D eigenvalue weighted by Crippen LogP contribution is 2.37. The van der Waals surface area contributed by atoms with Gasteiger partial charge in [-0.15, -0.1) is 0 Å². The fourth-order valence-electron chi connectivity index (χ4n) is 4.00. The standard InChI is InChI=1S/C23H18N6O4/c30-21(25-16-6-3-7-17(11-16)29(32)33)12-20-22(31)27(14-15-5-4-10-24-13-15)23-26-18-8-1-2-9-19(18)28(20)23/h1-11,13,20H,12,14H2,(H,25,30). The number of carbonyl (C=O) groups excluding carboxylic acids is 2. The summed E-state index contributed by atoms with van der Waals surface area (Å²) in [7, 11) is 0. The molecule has 3 heterocycles. The maximum absolute atomic E-state index is 13.4. The number of rotatable bonds is 6. The number of nitro groups is 1. The van der Waals surface area contributed by atoms with Crippen molar-refractivity contribution in [3.8, 4) is 0 Å². The number of non-ortho nitro benzene ring substituents is 1. The number of hydrogen-bond acceptors (Lipinski definition) is 6. The Labute approximate surface area is 187 Å². The summed E-state index contributed by atoms with van der Waals surface area (Å²) in [5.41, 5.74) is 2.48. The van der Waals surface area contributed by atoms with Crippen molar-refractivity contribution < 1.29 is 14.5 Å². The highest BCUT2D eigenvalue weighted by atomic mass is 16.6. The number of nitrogens with zero attached hydrogens (tertiary/aromatic N) is 5. The molecule has 0 aliphatic carbocycles. The molecule has 1 atom stereocenters. The van der Waals surface area contributed by atoms with E-state index in [4.69, 9.17) is 0 Å². The lowest BCUT2D eigenvalue weighted by Gasteiger charge is -2.16. The molecule has 10 nitrogen and oxygen atoms in total. The first-order valence-corrected chi connectivity index (χ1v) is 10.2. The second kappa shape index (κ2) is 8.15. The number of fused-ring (bicyclic) bond motifs is 3. The second-order valence-corrected chi connectivity index (χ2v) is 7.63. The second-order valence-electron chi connectivity index (χ2n) is 7.63. The van der Waals surface area contributed by atoms with Crippen LogP contribution in [0, 0.1) is 10.1 Å². The van der Waals surface area contributed by atoms with E-state index in [1.54, 1.807) is 34.0 Å². The molecule has 2 aromatic heterocycles. The Kier molecular flexibility index (Phi) is 5.02. The van der Waals surface area contributed by atoms with Crippen LogP contribution in [0.4, 0.5) is 17.3 Å². The van der Waals surface area contributed by atoms with Crippen molar-refractivity contribution in [2.24, 2.45) is 0 Å². The minimum absolute atomic E-state index is 0.129. The Morgan fingerprint density at radius 1 is 1.12 bits per heavy atom. The van der Waals surface area contributed by atoms with Gasteiger partial charge in [-0.2, -0.15) is 0 Å². The SMILES string of the molecule is O=C(CC1C(=O)N(Cc2cccnc2)c2nc3ccccc3n21)Nc1cccc([N+](=O)[O-])c1. The van der Waals surface area contributed by atoms with Gasteiger partial charge in [0.05, 0.1) is 28.9 Å². The minimum atomic E-state index is -0.789. The molecule has 0 radical (unpaired) electrons. The molecule has 1 aliphatic rings. The van der Waals surface area contributed by atoms with E-state index in [1.807, 2.05) is 30.3 Å². The molecule has 33 heavy (non-hydrogen) atoms. The summed E-state index contributed by atoms with van der Waals surface area (Å²) in [6.45, 7) is 0.277. The molecular formula is C23H18N6O4. The summed E-state index contributed by atoms with van der Waals surface area (Å²) in [5, 5.41) is 13.7. The Hall–Kier alpha value is -4.60. The van der Waals surface area contributed by atoms with Crippen LogP contribution in [0.3, 0.4) is 0 Å². The lowest BCUT2D eigenvalue weighted by molar-refractivity contribution is -0.384. The van der Waals surface area contributed by atoms with Crippen molar-refractivity contribution in [2.75, 3.05) is 10.2 Å². The molecule has 0 saturated carbocycles. The monoisotopic (exact) mass is 442 g/mol. The highest BCUT2D eigenvalue weighted by molar-refractivity contribution is 6.05. The molecule has 10 heteroatoms. The molecule has 0 spiro atoms. The Morgan fingerprint density at radius 2 is 1.97 bits per heavy atom. The van der Waals surface area contributed by atoms with E-state index in [0.29, 0.717) is 11.6 Å². The maximum atomic E-state index is 13.4. The van der Waals surface area contributed by atoms with Gasteiger partial charge in [0.25, 0.3) is 11.6 Å². The molecule has 2 amide bonds. The molecule has 1 unspecified atom stereocenters. The van der Waals surface area contributed by atoms with Gasteiger partial charge in [-0.1, -0.05) is 24.3 Å². The Bertz CT molecular complexity index is 1380. The fraction of sp³-hybridized carbons (Fsp3) is 0.130. The smallest absolute Gasteiger partial charge is 0.271 e. The fourth-order valence-corrected chi connectivity index (χ4v) is 4.00. The molecule has 0 fully saturated rings. The van der Waals surface area contributed by atoms with Crippen molar-refractivity contribution in [1.29, 1.82) is 0 Å². The predicted molar refractivity (Wildman–Crippen MR) is 121 cm³/mol. The Morgan fingerprint density at radius 3 is 2.76 bits per heavy atom. The normalized spacial score (nSPS) is 15.0. The van der Waals surface area contributed by atoms with E-state index >= 15 is 0 Å². The van der Waals surface area contributed by atoms with Crippen LogP contribution in [0.15, 0.2) is 73.1 Å². The molecule has 4 aromatic rings. The molecular weight excluding hydrogens is 424 g/mol. The first-order chi connectivity index (χ1) is 16.0. The van der Waals surface area contributed by atoms with Gasteiger partial charge in [0.2, 0.25) is 11.9 Å². The van der Waals surface area contributed by atoms with Gasteiger partial charge in [-0.05, 0) is 29.8 Å². The van der Waals surface area contributed by atoms with E-state index in [2.05, 4.69) is 15.3 Å². The van der Waals surface area contributed by atoms with Crippen LogP contribution in [-0.4, -0.2) is 31.3 Å². The lowest BCUT2D eigenvalue weighted by Crippen LogP contribution is -2.31. The van der Waals surface area contributed by atoms with Crippen LogP contribution in [0.25, 0.3) is 11.0 Å². The summed E-state index contributed by atoms with van der Waals surface area (Å²) in [6.07, 6.45) is 3.20. The maximum Gasteiger partial charge on any atom is 0.271 e. The number of carbonyl (C=O) groups is 2. The van der Waals surface area contributed by atoms with Gasteiger partial charge in [0.15, 0.2) is 0 Å². The van der Waals surface area contributed by atoms with Gasteiger partial charge >= 0.3 is 0 Å². The minimum Gasteiger partial charge on any atom is -0.326 e. The van der Waals surface area contributed by atoms with Crippen molar-refractivity contribution in [3.63, 3.8) is 0 Å². The zero-order valence-electron chi connectivity index (χ0n) is 17.3. The van der Waals surface area contributed by atoms with E-state index < -0.39 is 16.9 Å². The quantitative estimate of drug-likeness (QED) is 0.360. The van der Waals surface area contributed by atoms with Gasteiger partial charge in [-0.3, -0.25) is 34.2 Å². The third kappa shape index (κ3) is 3.78. The van der Waals surface area contributed by atoms with E-state index in [9.17, 15) is 19.7 Å². The molecule has 5 rings (SSSR count). The molecule has 0 saturated heterocycles. The zero-order chi connectivity index (χ0) is 22.9. The highest BCUT2D eigenvalue weighted by Gasteiger charge is 2.40. The topological polar surface area (TPSA) is 123 Å². The first kappa shape index (κ1) is 20.3. The van der Waals surface area contributed by atoms with Gasteiger partial charge in [-0.25, -0.2) is 4.98 Å². The van der Waals surface area contributed by atoms with Crippen LogP contribution in [0.5, 0.6) is 0 Å². The first-order valence-electron chi connectivity index (χ1n) is 10.2. The summed E-state index contributed by atoms with van der Waals surface area (Å²) in [6, 6.07) is 16.0. The lowest BCUT2D eigenvalue weighted by atomic mass is 10.1. The van der Waals surface area contributed by atoms with Crippen molar-refractivity contribution in [3.05, 3.63) is 88.7 Å². The van der Waals surface area contributed by atoms with Crippen LogP contribution in [0.2, 0.25) is 0 Å². The number of nitro benzene ring substituents is 1. The zero-order valence-corrected chi connectivity index (χ0v) is 17.3. The number of para-hydroxylation sites is 2. The largest absolute Gasteiger partial charge is 0.326 e. The van der Waals surface area contributed by atoms with Crippen molar-refractivity contribution in [1.82, 2.24) is 14.5 Å². The number of pyridine rings is 1. The number of imidazole rings is 1. The van der Waals surface area contributed by atoms with E-state index in [-0.39, 0.29) is 24.6 Å². The number of hydrogen-bond donors (Lipinski definition) is 1. The number of nitrogens with one attached hydrogen (secondary N) is 1. The number of aromatic nitrogens is 3. The summed E-state index contributed by atoms with van der Waals surface area (Å²) in [5.74, 6) is -0.208.